The van der Waals surface area contributed by atoms with Gasteiger partial charge in [-0.1, -0.05) is 56.3 Å². The van der Waals surface area contributed by atoms with E-state index in [1.54, 1.807) is 0 Å². The third-order valence-corrected chi connectivity index (χ3v) is 3.46. The van der Waals surface area contributed by atoms with Crippen LogP contribution in [0.2, 0.25) is 0 Å². The van der Waals surface area contributed by atoms with Crippen LogP contribution >= 0.6 is 11.8 Å². The van der Waals surface area contributed by atoms with Gasteiger partial charge in [0.1, 0.15) is 17.4 Å². The van der Waals surface area contributed by atoms with Crippen LogP contribution in [-0.4, -0.2) is 11.7 Å². The molecule has 1 aromatic carbocycles. The Kier molecular flexibility index (Phi) is 7.26. The SMILES string of the molecule is CCCC=C(CC)SC(=N)COc1ccccc1. The molecule has 0 saturated carbocycles. The number of para-hydroxylation sites is 1. The van der Waals surface area contributed by atoms with Crippen LogP contribution < -0.4 is 4.74 Å². The summed E-state index contributed by atoms with van der Waals surface area (Å²) in [6.07, 6.45) is 5.45. The zero-order valence-electron chi connectivity index (χ0n) is 11.1. The summed E-state index contributed by atoms with van der Waals surface area (Å²) >= 11 is 1.52. The van der Waals surface area contributed by atoms with Gasteiger partial charge in [-0.3, -0.25) is 5.41 Å². The first-order valence-corrected chi connectivity index (χ1v) is 7.20. The lowest BCUT2D eigenvalue weighted by Gasteiger charge is -2.08. The van der Waals surface area contributed by atoms with Gasteiger partial charge in [-0.25, -0.2) is 0 Å². The van der Waals surface area contributed by atoms with Crippen molar-refractivity contribution in [2.24, 2.45) is 0 Å². The quantitative estimate of drug-likeness (QED) is 0.562. The fraction of sp³-hybridized carbons (Fsp3) is 0.400. The molecule has 1 aromatic rings. The Labute approximate surface area is 114 Å². The van der Waals surface area contributed by atoms with Gasteiger partial charge in [0.25, 0.3) is 0 Å². The number of hydrogen-bond donors (Lipinski definition) is 1. The van der Waals surface area contributed by atoms with Crippen molar-refractivity contribution in [3.8, 4) is 5.75 Å². The maximum Gasteiger partial charge on any atom is 0.136 e. The second-order valence-corrected chi connectivity index (χ2v) is 5.16. The minimum absolute atomic E-state index is 0.345. The molecular formula is C15H21NOS. The van der Waals surface area contributed by atoms with Crippen molar-refractivity contribution in [2.75, 3.05) is 6.61 Å². The van der Waals surface area contributed by atoms with Crippen molar-refractivity contribution >= 4 is 16.8 Å². The minimum atomic E-state index is 0.345. The lowest BCUT2D eigenvalue weighted by Crippen LogP contribution is -2.06. The molecule has 0 radical (unpaired) electrons. The Balaban J connectivity index is 2.37. The molecule has 0 aliphatic carbocycles. The number of rotatable bonds is 7. The van der Waals surface area contributed by atoms with Gasteiger partial charge in [-0.15, -0.1) is 0 Å². The van der Waals surface area contributed by atoms with Crippen molar-refractivity contribution in [1.82, 2.24) is 0 Å². The lowest BCUT2D eigenvalue weighted by atomic mass is 10.3. The van der Waals surface area contributed by atoms with E-state index < -0.39 is 0 Å². The van der Waals surface area contributed by atoms with E-state index in [1.807, 2.05) is 30.3 Å². The number of ether oxygens (including phenoxy) is 1. The molecule has 0 amide bonds. The Bertz CT molecular complexity index is 387. The predicted molar refractivity (Wildman–Crippen MR) is 80.5 cm³/mol. The zero-order valence-corrected chi connectivity index (χ0v) is 11.9. The molecule has 3 heteroatoms. The number of benzene rings is 1. The summed E-state index contributed by atoms with van der Waals surface area (Å²) in [5.74, 6) is 0.818. The van der Waals surface area contributed by atoms with Gasteiger partial charge >= 0.3 is 0 Å². The average Bonchev–Trinajstić information content (AvgIpc) is 2.42. The van der Waals surface area contributed by atoms with Crippen LogP contribution in [0.4, 0.5) is 0 Å². The van der Waals surface area contributed by atoms with E-state index in [9.17, 15) is 0 Å². The molecule has 98 valence electrons. The van der Waals surface area contributed by atoms with E-state index in [0.717, 1.165) is 25.0 Å². The lowest BCUT2D eigenvalue weighted by molar-refractivity contribution is 0.378. The smallest absolute Gasteiger partial charge is 0.136 e. The Hall–Kier alpha value is -1.22. The van der Waals surface area contributed by atoms with Crippen molar-refractivity contribution in [2.45, 2.75) is 33.1 Å². The van der Waals surface area contributed by atoms with E-state index in [-0.39, 0.29) is 0 Å². The fourth-order valence-electron chi connectivity index (χ4n) is 1.42. The summed E-state index contributed by atoms with van der Waals surface area (Å²) in [6.45, 7) is 4.64. The fourth-order valence-corrected chi connectivity index (χ4v) is 2.20. The molecule has 0 aromatic heterocycles. The van der Waals surface area contributed by atoms with Crippen LogP contribution in [0.5, 0.6) is 5.75 Å². The highest BCUT2D eigenvalue weighted by Gasteiger charge is 2.03. The van der Waals surface area contributed by atoms with Gasteiger partial charge in [0.2, 0.25) is 0 Å². The van der Waals surface area contributed by atoms with Crippen molar-refractivity contribution in [1.29, 1.82) is 5.41 Å². The Morgan fingerprint density at radius 1 is 1.28 bits per heavy atom. The molecule has 18 heavy (non-hydrogen) atoms. The molecule has 1 N–H and O–H groups in total. The van der Waals surface area contributed by atoms with E-state index in [2.05, 4.69) is 19.9 Å². The number of nitrogens with one attached hydrogen (secondary N) is 1. The van der Waals surface area contributed by atoms with Crippen LogP contribution in [0.25, 0.3) is 0 Å². The molecule has 2 nitrogen and oxygen atoms in total. The largest absolute Gasteiger partial charge is 0.487 e. The van der Waals surface area contributed by atoms with Crippen LogP contribution in [0.1, 0.15) is 33.1 Å². The molecule has 0 saturated heterocycles. The predicted octanol–water partition coefficient (Wildman–Crippen LogP) is 4.87. The second-order valence-electron chi connectivity index (χ2n) is 3.94. The third kappa shape index (κ3) is 5.92. The van der Waals surface area contributed by atoms with Crippen molar-refractivity contribution in [3.05, 3.63) is 41.3 Å². The standard InChI is InChI=1S/C15H21NOS/c1-3-5-11-14(4-2)18-15(16)12-17-13-9-7-6-8-10-13/h6-11,16H,3-5,12H2,1-2H3. The molecule has 0 heterocycles. The first kappa shape index (κ1) is 14.8. The number of allylic oxidation sites excluding steroid dienone is 2. The van der Waals surface area contributed by atoms with E-state index in [0.29, 0.717) is 11.7 Å². The molecule has 0 unspecified atom stereocenters. The third-order valence-electron chi connectivity index (χ3n) is 2.38. The molecular weight excluding hydrogens is 242 g/mol. The second kappa shape index (κ2) is 8.81. The minimum Gasteiger partial charge on any atom is -0.487 e. The number of unbranched alkanes of at least 4 members (excludes halogenated alkanes) is 1. The highest BCUT2D eigenvalue weighted by atomic mass is 32.2. The number of hydrogen-bond acceptors (Lipinski definition) is 3. The van der Waals surface area contributed by atoms with Crippen LogP contribution in [0.3, 0.4) is 0 Å². The molecule has 0 atom stereocenters. The van der Waals surface area contributed by atoms with Crippen molar-refractivity contribution < 1.29 is 4.74 Å². The van der Waals surface area contributed by atoms with Crippen LogP contribution in [0, 0.1) is 5.41 Å². The molecule has 0 fully saturated rings. The Morgan fingerprint density at radius 3 is 2.61 bits per heavy atom. The first-order valence-electron chi connectivity index (χ1n) is 6.38. The summed E-state index contributed by atoms with van der Waals surface area (Å²) < 4.78 is 5.55. The molecule has 0 aliphatic heterocycles. The van der Waals surface area contributed by atoms with Gasteiger partial charge < -0.3 is 4.74 Å². The van der Waals surface area contributed by atoms with E-state index in [1.165, 1.54) is 16.7 Å². The van der Waals surface area contributed by atoms with Gasteiger partial charge in [0.05, 0.1) is 0 Å². The van der Waals surface area contributed by atoms with Crippen LogP contribution in [0.15, 0.2) is 41.3 Å². The Morgan fingerprint density at radius 2 is 2.00 bits per heavy atom. The van der Waals surface area contributed by atoms with Gasteiger partial charge in [-0.2, -0.15) is 0 Å². The molecule has 0 bridgehead atoms. The summed E-state index contributed by atoms with van der Waals surface area (Å²) in [4.78, 5) is 1.26. The normalized spacial score (nSPS) is 11.3. The maximum absolute atomic E-state index is 7.90. The summed E-state index contributed by atoms with van der Waals surface area (Å²) in [5, 5.41) is 8.46. The summed E-state index contributed by atoms with van der Waals surface area (Å²) in [7, 11) is 0. The topological polar surface area (TPSA) is 33.1 Å². The monoisotopic (exact) mass is 263 g/mol. The maximum atomic E-state index is 7.90. The summed E-state index contributed by atoms with van der Waals surface area (Å²) in [6, 6.07) is 9.64. The van der Waals surface area contributed by atoms with E-state index in [4.69, 9.17) is 10.1 Å². The van der Waals surface area contributed by atoms with Gasteiger partial charge in [-0.05, 0) is 29.9 Å². The van der Waals surface area contributed by atoms with Crippen LogP contribution in [-0.2, 0) is 0 Å². The average molecular weight is 263 g/mol. The number of thioether (sulfide) groups is 1. The van der Waals surface area contributed by atoms with E-state index >= 15 is 0 Å². The van der Waals surface area contributed by atoms with Crippen molar-refractivity contribution in [3.63, 3.8) is 0 Å². The van der Waals surface area contributed by atoms with Gasteiger partial charge in [0, 0.05) is 0 Å². The molecule has 1 rings (SSSR count). The molecule has 0 spiro atoms. The molecule has 0 aliphatic rings. The van der Waals surface area contributed by atoms with Gasteiger partial charge in [0.15, 0.2) is 0 Å². The first-order chi connectivity index (χ1) is 8.76. The highest BCUT2D eigenvalue weighted by Crippen LogP contribution is 2.21. The summed E-state index contributed by atoms with van der Waals surface area (Å²) in [5.41, 5.74) is 0. The highest BCUT2D eigenvalue weighted by molar-refractivity contribution is 8.17. The zero-order chi connectivity index (χ0) is 13.2.